The van der Waals surface area contributed by atoms with Gasteiger partial charge in [0.15, 0.2) is 0 Å². The highest BCUT2D eigenvalue weighted by Gasteiger charge is 2.26. The zero-order chi connectivity index (χ0) is 20.9. The molecule has 0 spiro atoms. The topological polar surface area (TPSA) is 165 Å². The van der Waals surface area contributed by atoms with Gasteiger partial charge >= 0.3 is 0 Å². The molecule has 10 heteroatoms. The molecule has 1 heterocycles. The van der Waals surface area contributed by atoms with E-state index in [4.69, 9.17) is 19.2 Å². The van der Waals surface area contributed by atoms with Gasteiger partial charge in [-0.25, -0.2) is 9.67 Å². The summed E-state index contributed by atoms with van der Waals surface area (Å²) < 4.78 is 10.3. The maximum atomic E-state index is 9.40. The molecule has 2 aromatic rings. The monoisotopic (exact) mass is 388 g/mol. The van der Waals surface area contributed by atoms with Gasteiger partial charge < -0.3 is 19.2 Å². The van der Waals surface area contributed by atoms with Gasteiger partial charge in [0.25, 0.3) is 0 Å². The van der Waals surface area contributed by atoms with Crippen molar-refractivity contribution in [2.75, 3.05) is 0 Å². The number of phosphoric acid groups is 1. The molecule has 0 saturated carbocycles. The molecule has 1 aromatic heterocycles. The Bertz CT molecular complexity index is 852. The van der Waals surface area contributed by atoms with Gasteiger partial charge in [0.2, 0.25) is 0 Å². The summed E-state index contributed by atoms with van der Waals surface area (Å²) in [5.41, 5.74) is 1.60. The first-order valence-corrected chi connectivity index (χ1v) is 9.27. The largest absolute Gasteiger partial charge is 0.822 e. The number of rotatable bonds is 4. The summed E-state index contributed by atoms with van der Waals surface area (Å²) in [6, 6.07) is 10.6. The Morgan fingerprint density at radius 1 is 1.04 bits per heavy atom. The van der Waals surface area contributed by atoms with Crippen LogP contribution in [0.5, 0.6) is 0 Å². The van der Waals surface area contributed by atoms with Crippen LogP contribution in [-0.2, 0) is 21.9 Å². The molecule has 27 heavy (non-hydrogen) atoms. The number of benzene rings is 1. The fraction of sp³-hybridized carbons (Fsp3) is 0.412. The molecular weight excluding hydrogens is 369 g/mol. The Morgan fingerprint density at radius 2 is 1.48 bits per heavy atom. The minimum absolute atomic E-state index is 0.559. The van der Waals surface area contributed by atoms with E-state index in [0.717, 1.165) is 16.7 Å². The second-order valence-corrected chi connectivity index (χ2v) is 7.83. The molecule has 0 radical (unpaired) electrons. The quantitative estimate of drug-likeness (QED) is 0.665. The van der Waals surface area contributed by atoms with Gasteiger partial charge in [-0.1, -0.05) is 18.2 Å². The van der Waals surface area contributed by atoms with Crippen molar-refractivity contribution in [3.63, 3.8) is 0 Å². The Labute approximate surface area is 157 Å². The summed E-state index contributed by atoms with van der Waals surface area (Å²) in [6.07, 6.45) is 3.14. The third kappa shape index (κ3) is 7.30. The van der Waals surface area contributed by atoms with Crippen molar-refractivity contribution in [1.82, 2.24) is 14.8 Å². The van der Waals surface area contributed by atoms with E-state index in [2.05, 4.69) is 22.2 Å². The smallest absolute Gasteiger partial charge is 0.137 e. The predicted octanol–water partition coefficient (Wildman–Crippen LogP) is 0.104. The summed E-state index contributed by atoms with van der Waals surface area (Å²) >= 11 is 0. The molecule has 0 N–H and O–H groups in total. The molecule has 0 saturated heterocycles. The van der Waals surface area contributed by atoms with Gasteiger partial charge in [-0.15, -0.1) is 0 Å². The van der Waals surface area contributed by atoms with Crippen molar-refractivity contribution < 1.29 is 19.2 Å². The number of hydrogen-bond acceptors (Lipinski definition) is 8. The van der Waals surface area contributed by atoms with E-state index in [1.54, 1.807) is 11.0 Å². The lowest BCUT2D eigenvalue weighted by atomic mass is 9.79. The minimum Gasteiger partial charge on any atom is -0.822 e. The lowest BCUT2D eigenvalue weighted by molar-refractivity contribution is -0.432. The van der Waals surface area contributed by atoms with Crippen LogP contribution in [0.4, 0.5) is 0 Å². The Balaban J connectivity index is 0.000000646. The van der Waals surface area contributed by atoms with Crippen molar-refractivity contribution in [1.29, 1.82) is 10.5 Å². The molecule has 0 atom stereocenters. The fourth-order valence-corrected chi connectivity index (χ4v) is 2.14. The first-order valence-electron chi connectivity index (χ1n) is 7.81. The standard InChI is InChI=1S/C17H19N5.H3O4P/c1-16(2,9-18)14-5-13(8-22-12-20-11-21-22)6-15(7-14)17(3,4)10-19;1-5(2,3)4/h5-7,11-12H,8H2,1-4H3;(H3,1,2,3,4)/p-3. The highest BCUT2D eigenvalue weighted by Crippen LogP contribution is 2.30. The summed E-state index contributed by atoms with van der Waals surface area (Å²) in [4.78, 5) is 29.6. The van der Waals surface area contributed by atoms with Crippen LogP contribution in [0.15, 0.2) is 30.9 Å². The summed E-state index contributed by atoms with van der Waals surface area (Å²) in [7, 11) is -5.39. The number of aromatic nitrogens is 3. The minimum atomic E-state index is -5.39. The molecule has 0 aliphatic heterocycles. The summed E-state index contributed by atoms with van der Waals surface area (Å²) in [6.45, 7) is 8.08. The van der Waals surface area contributed by atoms with E-state index in [1.807, 2.05) is 45.9 Å². The Kier molecular flexibility index (Phi) is 7.02. The predicted molar refractivity (Wildman–Crippen MR) is 90.5 cm³/mol. The van der Waals surface area contributed by atoms with Gasteiger partial charge in [0.05, 0.1) is 29.5 Å². The number of nitriles is 2. The third-order valence-electron chi connectivity index (χ3n) is 3.81. The first kappa shape index (κ1) is 22.5. The molecule has 0 aliphatic carbocycles. The van der Waals surface area contributed by atoms with Crippen molar-refractivity contribution in [2.45, 2.75) is 45.1 Å². The zero-order valence-corrected chi connectivity index (χ0v) is 16.3. The molecule has 9 nitrogen and oxygen atoms in total. The molecule has 0 amide bonds. The molecule has 0 aliphatic rings. The maximum Gasteiger partial charge on any atom is 0.137 e. The van der Waals surface area contributed by atoms with Gasteiger partial charge in [-0.3, -0.25) is 0 Å². The molecular formula is C17H19N5O4P-3. The van der Waals surface area contributed by atoms with Crippen LogP contribution >= 0.6 is 7.82 Å². The van der Waals surface area contributed by atoms with Crippen molar-refractivity contribution in [3.8, 4) is 12.1 Å². The highest BCUT2D eigenvalue weighted by atomic mass is 31.2. The van der Waals surface area contributed by atoms with Crippen molar-refractivity contribution >= 4 is 7.82 Å². The molecule has 0 bridgehead atoms. The van der Waals surface area contributed by atoms with Crippen LogP contribution in [0.2, 0.25) is 0 Å². The van der Waals surface area contributed by atoms with Gasteiger partial charge in [0.1, 0.15) is 12.7 Å². The van der Waals surface area contributed by atoms with Crippen LogP contribution in [0.25, 0.3) is 0 Å². The molecule has 144 valence electrons. The van der Waals surface area contributed by atoms with E-state index < -0.39 is 18.7 Å². The van der Waals surface area contributed by atoms with Crippen LogP contribution in [0.3, 0.4) is 0 Å². The molecule has 2 rings (SSSR count). The second-order valence-electron chi connectivity index (χ2n) is 6.93. The summed E-state index contributed by atoms with van der Waals surface area (Å²) in [5, 5.41) is 22.9. The fourth-order valence-electron chi connectivity index (χ4n) is 2.14. The normalized spacial score (nSPS) is 11.7. The lowest BCUT2D eigenvalue weighted by Crippen LogP contribution is -2.24. The maximum absolute atomic E-state index is 9.40. The lowest BCUT2D eigenvalue weighted by Gasteiger charge is -2.36. The van der Waals surface area contributed by atoms with Crippen LogP contribution in [0.1, 0.15) is 44.4 Å². The van der Waals surface area contributed by atoms with Crippen molar-refractivity contribution in [2.24, 2.45) is 0 Å². The summed E-state index contributed by atoms with van der Waals surface area (Å²) in [5.74, 6) is 0. The Morgan fingerprint density at radius 3 is 1.81 bits per heavy atom. The zero-order valence-electron chi connectivity index (χ0n) is 15.4. The van der Waals surface area contributed by atoms with E-state index in [1.165, 1.54) is 6.33 Å². The average molecular weight is 388 g/mol. The van der Waals surface area contributed by atoms with Crippen LogP contribution < -0.4 is 14.7 Å². The third-order valence-corrected chi connectivity index (χ3v) is 3.81. The Hall–Kier alpha value is -2.55. The van der Waals surface area contributed by atoms with Gasteiger partial charge in [-0.2, -0.15) is 23.4 Å². The SMILES string of the molecule is CC(C)(C#N)c1cc(Cn2cncn2)cc(C(C)(C)C#N)c1.O=P([O-])([O-])[O-]. The number of nitrogens with zero attached hydrogens (tertiary/aromatic N) is 5. The number of hydrogen-bond donors (Lipinski definition) is 0. The first-order chi connectivity index (χ1) is 12.3. The molecule has 0 fully saturated rings. The van der Waals surface area contributed by atoms with Gasteiger partial charge in [-0.05, 0) is 44.4 Å². The second kappa shape index (κ2) is 8.43. The van der Waals surface area contributed by atoms with Crippen molar-refractivity contribution in [3.05, 3.63) is 47.5 Å². The highest BCUT2D eigenvalue weighted by molar-refractivity contribution is 7.40. The van der Waals surface area contributed by atoms with E-state index in [9.17, 15) is 10.5 Å². The molecule has 1 aromatic carbocycles. The average Bonchev–Trinajstić information content (AvgIpc) is 3.06. The van der Waals surface area contributed by atoms with E-state index in [0.29, 0.717) is 6.54 Å². The van der Waals surface area contributed by atoms with E-state index >= 15 is 0 Å². The molecule has 0 unspecified atom stereocenters. The van der Waals surface area contributed by atoms with E-state index in [-0.39, 0.29) is 0 Å². The van der Waals surface area contributed by atoms with Gasteiger partial charge in [0, 0.05) is 0 Å². The van der Waals surface area contributed by atoms with Crippen LogP contribution in [-0.4, -0.2) is 14.8 Å². The van der Waals surface area contributed by atoms with Crippen LogP contribution in [0, 0.1) is 22.7 Å².